The van der Waals surface area contributed by atoms with Crippen LogP contribution in [0.25, 0.3) is 0 Å². The molecule has 1 atom stereocenters. The van der Waals surface area contributed by atoms with Gasteiger partial charge in [-0.05, 0) is 41.1 Å². The molecule has 0 heterocycles. The van der Waals surface area contributed by atoms with E-state index in [-0.39, 0.29) is 5.94 Å². The van der Waals surface area contributed by atoms with Crippen LogP contribution in [0.15, 0.2) is 27.6 Å². The van der Waals surface area contributed by atoms with Crippen molar-refractivity contribution in [2.75, 3.05) is 18.3 Å². The Balaban J connectivity index is 2.80. The van der Waals surface area contributed by atoms with E-state index < -0.39 is 10.8 Å². The Morgan fingerprint density at radius 3 is 2.86 bits per heavy atom. The van der Waals surface area contributed by atoms with E-state index in [1.165, 1.54) is 0 Å². The number of hydrogen-bond donors (Lipinski definition) is 1. The molecule has 0 saturated heterocycles. The Hall–Kier alpha value is -0.390. The zero-order valence-corrected chi connectivity index (χ0v) is 10.2. The number of nitrogens with two attached hydrogens (primary N) is 1. The molecule has 78 valence electrons. The summed E-state index contributed by atoms with van der Waals surface area (Å²) in [6.45, 7) is 2.44. The monoisotopic (exact) mass is 277 g/mol. The minimum atomic E-state index is -1.13. The van der Waals surface area contributed by atoms with E-state index in [0.29, 0.717) is 17.2 Å². The fourth-order valence-electron chi connectivity index (χ4n) is 0.924. The van der Waals surface area contributed by atoms with Gasteiger partial charge < -0.3 is 10.5 Å². The molecule has 0 spiro atoms. The molecule has 0 saturated carbocycles. The van der Waals surface area contributed by atoms with Crippen molar-refractivity contribution >= 4 is 32.4 Å². The molecule has 0 bridgehead atoms. The van der Waals surface area contributed by atoms with Crippen LogP contribution in [0.3, 0.4) is 0 Å². The number of benzene rings is 1. The van der Waals surface area contributed by atoms with Gasteiger partial charge in [0.25, 0.3) is 0 Å². The number of rotatable bonds is 4. The van der Waals surface area contributed by atoms with Crippen LogP contribution in [-0.4, -0.2) is 16.8 Å². The minimum Gasteiger partial charge on any atom is -0.399 e. The summed E-state index contributed by atoms with van der Waals surface area (Å²) in [4.78, 5) is 0.715. The van der Waals surface area contributed by atoms with E-state index in [9.17, 15) is 4.21 Å². The molecule has 14 heavy (non-hydrogen) atoms. The minimum absolute atomic E-state index is 0.221. The van der Waals surface area contributed by atoms with Crippen LogP contribution < -0.4 is 5.73 Å². The first-order chi connectivity index (χ1) is 6.65. The molecule has 0 aromatic heterocycles. The molecule has 0 aliphatic carbocycles. The maximum Gasteiger partial charge on any atom is 0.126 e. The molecule has 0 amide bonds. The lowest BCUT2D eigenvalue weighted by Gasteiger charge is -2.05. The molecule has 1 unspecified atom stereocenters. The predicted molar refractivity (Wildman–Crippen MR) is 61.5 cm³/mol. The molecule has 0 fully saturated rings. The lowest BCUT2D eigenvalue weighted by Crippen LogP contribution is -2.03. The average molecular weight is 278 g/mol. The molecule has 0 aliphatic rings. The summed E-state index contributed by atoms with van der Waals surface area (Å²) < 4.78 is 17.5. The first-order valence-corrected chi connectivity index (χ1v) is 6.27. The third-order valence-corrected chi connectivity index (χ3v) is 3.74. The smallest absolute Gasteiger partial charge is 0.126 e. The largest absolute Gasteiger partial charge is 0.399 e. The Morgan fingerprint density at radius 1 is 1.57 bits per heavy atom. The van der Waals surface area contributed by atoms with Crippen LogP contribution in [0.4, 0.5) is 5.69 Å². The first kappa shape index (κ1) is 11.7. The lowest BCUT2D eigenvalue weighted by atomic mass is 10.3. The second-order valence-corrected chi connectivity index (χ2v) is 4.87. The van der Waals surface area contributed by atoms with E-state index >= 15 is 0 Å². The molecule has 1 aromatic rings. The van der Waals surface area contributed by atoms with E-state index in [2.05, 4.69) is 15.9 Å². The van der Waals surface area contributed by atoms with Crippen molar-refractivity contribution in [2.24, 2.45) is 0 Å². The van der Waals surface area contributed by atoms with Crippen molar-refractivity contribution < 1.29 is 8.95 Å². The SMILES string of the molecule is CCOCS(=O)c1ccc(N)cc1Br. The van der Waals surface area contributed by atoms with Crippen LogP contribution in [0.2, 0.25) is 0 Å². The van der Waals surface area contributed by atoms with Crippen molar-refractivity contribution in [2.45, 2.75) is 11.8 Å². The maximum absolute atomic E-state index is 11.7. The van der Waals surface area contributed by atoms with Crippen molar-refractivity contribution in [3.63, 3.8) is 0 Å². The summed E-state index contributed by atoms with van der Waals surface area (Å²) in [5, 5.41) is 0. The van der Waals surface area contributed by atoms with Gasteiger partial charge in [0.1, 0.15) is 5.94 Å². The number of halogens is 1. The van der Waals surface area contributed by atoms with Gasteiger partial charge >= 0.3 is 0 Å². The Morgan fingerprint density at radius 2 is 2.29 bits per heavy atom. The normalized spacial score (nSPS) is 12.7. The van der Waals surface area contributed by atoms with Gasteiger partial charge in [-0.1, -0.05) is 0 Å². The summed E-state index contributed by atoms with van der Waals surface area (Å²) in [5.41, 5.74) is 6.21. The highest BCUT2D eigenvalue weighted by atomic mass is 79.9. The second-order valence-electron chi connectivity index (χ2n) is 2.65. The van der Waals surface area contributed by atoms with Gasteiger partial charge in [-0.15, -0.1) is 0 Å². The predicted octanol–water partition coefficient (Wildman–Crippen LogP) is 2.13. The highest BCUT2D eigenvalue weighted by molar-refractivity contribution is 9.10. The fourth-order valence-corrected chi connectivity index (χ4v) is 2.80. The van der Waals surface area contributed by atoms with E-state index in [1.54, 1.807) is 18.2 Å². The van der Waals surface area contributed by atoms with Gasteiger partial charge in [0.15, 0.2) is 0 Å². The highest BCUT2D eigenvalue weighted by Gasteiger charge is 2.07. The Bertz CT molecular complexity index is 344. The number of nitrogen functional groups attached to an aromatic ring is 1. The molecule has 1 aromatic carbocycles. The lowest BCUT2D eigenvalue weighted by molar-refractivity contribution is 0.196. The van der Waals surface area contributed by atoms with Gasteiger partial charge in [0, 0.05) is 16.8 Å². The van der Waals surface area contributed by atoms with Crippen molar-refractivity contribution in [1.29, 1.82) is 0 Å². The van der Waals surface area contributed by atoms with E-state index in [0.717, 1.165) is 4.47 Å². The standard InChI is InChI=1S/C9H12BrNO2S/c1-2-13-6-14(12)9-4-3-7(11)5-8(9)10/h3-5H,2,6,11H2,1H3. The van der Waals surface area contributed by atoms with Crippen molar-refractivity contribution in [3.8, 4) is 0 Å². The zero-order chi connectivity index (χ0) is 10.6. The summed E-state index contributed by atoms with van der Waals surface area (Å²) in [5.74, 6) is 0.221. The average Bonchev–Trinajstić information content (AvgIpc) is 2.14. The molecule has 3 nitrogen and oxygen atoms in total. The van der Waals surface area contributed by atoms with Gasteiger partial charge in [0.05, 0.1) is 15.7 Å². The quantitative estimate of drug-likeness (QED) is 0.858. The topological polar surface area (TPSA) is 52.3 Å². The first-order valence-electron chi connectivity index (χ1n) is 4.16. The Kier molecular flexibility index (Phi) is 4.57. The van der Waals surface area contributed by atoms with Gasteiger partial charge in [-0.2, -0.15) is 0 Å². The summed E-state index contributed by atoms with van der Waals surface area (Å²) in [6.07, 6.45) is 0. The third kappa shape index (κ3) is 3.08. The third-order valence-electron chi connectivity index (χ3n) is 1.60. The van der Waals surface area contributed by atoms with E-state index in [4.69, 9.17) is 10.5 Å². The molecule has 5 heteroatoms. The fraction of sp³-hybridized carbons (Fsp3) is 0.333. The summed E-state index contributed by atoms with van der Waals surface area (Å²) in [7, 11) is -1.13. The van der Waals surface area contributed by atoms with Crippen LogP contribution in [0.1, 0.15) is 6.92 Å². The van der Waals surface area contributed by atoms with Gasteiger partial charge in [0.2, 0.25) is 0 Å². The molecular weight excluding hydrogens is 266 g/mol. The summed E-state index contributed by atoms with van der Waals surface area (Å²) in [6, 6.07) is 5.21. The van der Waals surface area contributed by atoms with E-state index in [1.807, 2.05) is 6.92 Å². The number of hydrogen-bond acceptors (Lipinski definition) is 3. The molecule has 2 N–H and O–H groups in total. The van der Waals surface area contributed by atoms with Gasteiger partial charge in [-0.25, -0.2) is 0 Å². The molecule has 0 aliphatic heterocycles. The number of anilines is 1. The van der Waals surface area contributed by atoms with Crippen molar-refractivity contribution in [3.05, 3.63) is 22.7 Å². The van der Waals surface area contributed by atoms with Crippen molar-refractivity contribution in [1.82, 2.24) is 0 Å². The number of ether oxygens (including phenoxy) is 1. The van der Waals surface area contributed by atoms with Crippen LogP contribution in [0, 0.1) is 0 Å². The molecule has 1 rings (SSSR count). The van der Waals surface area contributed by atoms with Crippen LogP contribution >= 0.6 is 15.9 Å². The van der Waals surface area contributed by atoms with Crippen LogP contribution in [0.5, 0.6) is 0 Å². The highest BCUT2D eigenvalue weighted by Crippen LogP contribution is 2.23. The molecule has 0 radical (unpaired) electrons. The summed E-state index contributed by atoms with van der Waals surface area (Å²) >= 11 is 3.31. The zero-order valence-electron chi connectivity index (χ0n) is 7.83. The maximum atomic E-state index is 11.7. The van der Waals surface area contributed by atoms with Crippen LogP contribution in [-0.2, 0) is 15.5 Å². The molecular formula is C9H12BrNO2S. The second kappa shape index (κ2) is 5.48. The van der Waals surface area contributed by atoms with Gasteiger partial charge in [-0.3, -0.25) is 4.21 Å². The Labute approximate surface area is 94.2 Å².